The number of aryl methyl sites for hydroxylation is 2. The lowest BCUT2D eigenvalue weighted by molar-refractivity contribution is 0.0624. The van der Waals surface area contributed by atoms with Crippen LogP contribution in [0.1, 0.15) is 44.7 Å². The maximum atomic E-state index is 12.7. The second-order valence-corrected chi connectivity index (χ2v) is 7.42. The van der Waals surface area contributed by atoms with Crippen LogP contribution < -0.4 is 0 Å². The number of rotatable bonds is 4. The largest absolute Gasteiger partial charge is 0.336 e. The number of Topliss-reactive ketones (excluding diaryl/α,β-unsaturated/α-hetero) is 1. The second-order valence-electron chi connectivity index (χ2n) is 7.42. The fourth-order valence-corrected chi connectivity index (χ4v) is 3.99. The van der Waals surface area contributed by atoms with Gasteiger partial charge in [0.05, 0.1) is 6.54 Å². The highest BCUT2D eigenvalue weighted by molar-refractivity contribution is 5.98. The van der Waals surface area contributed by atoms with Crippen LogP contribution in [0, 0.1) is 0 Å². The highest BCUT2D eigenvalue weighted by Crippen LogP contribution is 2.22. The Balaban J connectivity index is 1.32. The summed E-state index contributed by atoms with van der Waals surface area (Å²) in [7, 11) is 0. The molecule has 1 aliphatic heterocycles. The second kappa shape index (κ2) is 8.01. The van der Waals surface area contributed by atoms with Gasteiger partial charge in [0, 0.05) is 49.7 Å². The zero-order valence-electron chi connectivity index (χ0n) is 15.6. The average molecular weight is 363 g/mol. The Morgan fingerprint density at radius 1 is 0.852 bits per heavy atom. The number of fused-ring (bicyclic) bond motifs is 1. The van der Waals surface area contributed by atoms with Gasteiger partial charge in [0.2, 0.25) is 0 Å². The highest BCUT2D eigenvalue weighted by Gasteiger charge is 2.24. The quantitative estimate of drug-likeness (QED) is 0.784. The van der Waals surface area contributed by atoms with Gasteiger partial charge in [-0.15, -0.1) is 0 Å². The molecule has 0 atom stereocenters. The number of amides is 1. The van der Waals surface area contributed by atoms with Crippen LogP contribution in [0.3, 0.4) is 0 Å². The molecule has 0 saturated carbocycles. The normalized spacial score (nSPS) is 17.4. The Kier molecular flexibility index (Phi) is 5.30. The van der Waals surface area contributed by atoms with Gasteiger partial charge in [-0.3, -0.25) is 19.5 Å². The molecule has 2 aromatic rings. The van der Waals surface area contributed by atoms with Crippen LogP contribution in [0.5, 0.6) is 0 Å². The molecule has 27 heavy (non-hydrogen) atoms. The third kappa shape index (κ3) is 4.08. The molecule has 1 fully saturated rings. The van der Waals surface area contributed by atoms with Crippen molar-refractivity contribution >= 4 is 11.7 Å². The summed E-state index contributed by atoms with van der Waals surface area (Å²) in [6.07, 6.45) is 7.98. The van der Waals surface area contributed by atoms with E-state index in [1.165, 1.54) is 24.0 Å². The molecular weight excluding hydrogens is 338 g/mol. The number of ketones is 1. The molecule has 2 heterocycles. The first-order valence-electron chi connectivity index (χ1n) is 9.77. The minimum absolute atomic E-state index is 0.0399. The van der Waals surface area contributed by atoms with Gasteiger partial charge >= 0.3 is 0 Å². The lowest BCUT2D eigenvalue weighted by Gasteiger charge is -2.34. The molecule has 0 N–H and O–H groups in total. The molecule has 1 saturated heterocycles. The van der Waals surface area contributed by atoms with E-state index < -0.39 is 0 Å². The fourth-order valence-electron chi connectivity index (χ4n) is 3.99. The van der Waals surface area contributed by atoms with Crippen molar-refractivity contribution in [3.05, 3.63) is 65.0 Å². The van der Waals surface area contributed by atoms with Gasteiger partial charge in [-0.1, -0.05) is 12.1 Å². The van der Waals surface area contributed by atoms with E-state index in [2.05, 4.69) is 22.0 Å². The van der Waals surface area contributed by atoms with Gasteiger partial charge in [-0.05, 0) is 55.0 Å². The first-order chi connectivity index (χ1) is 13.2. The maximum Gasteiger partial charge on any atom is 0.254 e. The van der Waals surface area contributed by atoms with Gasteiger partial charge < -0.3 is 4.90 Å². The van der Waals surface area contributed by atoms with E-state index in [4.69, 9.17) is 0 Å². The summed E-state index contributed by atoms with van der Waals surface area (Å²) < 4.78 is 0. The number of nitrogens with zero attached hydrogens (tertiary/aromatic N) is 3. The number of pyridine rings is 1. The molecule has 0 spiro atoms. The molecule has 1 aliphatic carbocycles. The van der Waals surface area contributed by atoms with Crippen molar-refractivity contribution in [1.29, 1.82) is 0 Å². The van der Waals surface area contributed by atoms with Crippen molar-refractivity contribution < 1.29 is 9.59 Å². The van der Waals surface area contributed by atoms with E-state index in [-0.39, 0.29) is 11.7 Å². The monoisotopic (exact) mass is 363 g/mol. The first kappa shape index (κ1) is 17.9. The molecule has 140 valence electrons. The van der Waals surface area contributed by atoms with Gasteiger partial charge in [0.25, 0.3) is 5.91 Å². The van der Waals surface area contributed by atoms with Crippen LogP contribution in [0.4, 0.5) is 0 Å². The van der Waals surface area contributed by atoms with Gasteiger partial charge in [0.15, 0.2) is 5.78 Å². The van der Waals surface area contributed by atoms with Crippen molar-refractivity contribution in [2.45, 2.75) is 25.7 Å². The Bertz CT molecular complexity index is 827. The van der Waals surface area contributed by atoms with Crippen LogP contribution >= 0.6 is 0 Å². The summed E-state index contributed by atoms with van der Waals surface area (Å²) >= 11 is 0. The minimum Gasteiger partial charge on any atom is -0.336 e. The predicted molar refractivity (Wildman–Crippen MR) is 104 cm³/mol. The molecule has 1 aromatic carbocycles. The smallest absolute Gasteiger partial charge is 0.254 e. The number of carbonyl (C=O) groups excluding carboxylic acids is 2. The summed E-state index contributed by atoms with van der Waals surface area (Å²) in [6.45, 7) is 3.19. The molecule has 0 bridgehead atoms. The molecule has 4 rings (SSSR count). The van der Waals surface area contributed by atoms with E-state index in [1.807, 2.05) is 11.0 Å². The predicted octanol–water partition coefficient (Wildman–Crippen LogP) is 2.60. The molecule has 5 nitrogen and oxygen atoms in total. The SMILES string of the molecule is O=C(CN1CCN(C(=O)c2ccncc2)CC1)c1ccc2c(c1)CCCC2. The van der Waals surface area contributed by atoms with Gasteiger partial charge in [0.1, 0.15) is 0 Å². The highest BCUT2D eigenvalue weighted by atomic mass is 16.2. The number of carbonyl (C=O) groups is 2. The van der Waals surface area contributed by atoms with E-state index in [1.54, 1.807) is 24.5 Å². The molecule has 2 aliphatic rings. The van der Waals surface area contributed by atoms with Crippen molar-refractivity contribution in [2.24, 2.45) is 0 Å². The zero-order chi connectivity index (χ0) is 18.6. The third-order valence-corrected chi connectivity index (χ3v) is 5.62. The Hall–Kier alpha value is -2.53. The van der Waals surface area contributed by atoms with Crippen molar-refractivity contribution in [3.63, 3.8) is 0 Å². The lowest BCUT2D eigenvalue weighted by atomic mass is 9.90. The zero-order valence-corrected chi connectivity index (χ0v) is 15.6. The summed E-state index contributed by atoms with van der Waals surface area (Å²) in [4.78, 5) is 33.2. The van der Waals surface area contributed by atoms with Crippen molar-refractivity contribution in [2.75, 3.05) is 32.7 Å². The Morgan fingerprint density at radius 3 is 2.30 bits per heavy atom. The van der Waals surface area contributed by atoms with Crippen LogP contribution in [0.15, 0.2) is 42.7 Å². The third-order valence-electron chi connectivity index (χ3n) is 5.62. The summed E-state index contributed by atoms with van der Waals surface area (Å²) in [6, 6.07) is 9.70. The number of aromatic nitrogens is 1. The number of hydrogen-bond donors (Lipinski definition) is 0. The van der Waals surface area contributed by atoms with Crippen molar-refractivity contribution in [1.82, 2.24) is 14.8 Å². The molecule has 1 amide bonds. The molecule has 0 unspecified atom stereocenters. The van der Waals surface area contributed by atoms with Gasteiger partial charge in [-0.25, -0.2) is 0 Å². The summed E-state index contributed by atoms with van der Waals surface area (Å²) in [5.41, 5.74) is 4.25. The first-order valence-corrected chi connectivity index (χ1v) is 9.77. The average Bonchev–Trinajstić information content (AvgIpc) is 2.74. The van der Waals surface area contributed by atoms with Gasteiger partial charge in [-0.2, -0.15) is 0 Å². The number of piperazine rings is 1. The summed E-state index contributed by atoms with van der Waals surface area (Å²) in [5, 5.41) is 0. The van der Waals surface area contributed by atoms with Crippen molar-refractivity contribution in [3.8, 4) is 0 Å². The molecule has 0 radical (unpaired) electrons. The minimum atomic E-state index is 0.0399. The van der Waals surface area contributed by atoms with Crippen LogP contribution in [-0.2, 0) is 12.8 Å². The van der Waals surface area contributed by atoms with E-state index >= 15 is 0 Å². The van der Waals surface area contributed by atoms with E-state index in [9.17, 15) is 9.59 Å². The number of benzene rings is 1. The molecule has 5 heteroatoms. The number of hydrogen-bond acceptors (Lipinski definition) is 4. The molecule has 1 aromatic heterocycles. The lowest BCUT2D eigenvalue weighted by Crippen LogP contribution is -2.49. The van der Waals surface area contributed by atoms with Crippen LogP contribution in [0.25, 0.3) is 0 Å². The maximum absolute atomic E-state index is 12.7. The fraction of sp³-hybridized carbons (Fsp3) is 0.409. The van der Waals surface area contributed by atoms with Crippen LogP contribution in [-0.4, -0.2) is 59.2 Å². The van der Waals surface area contributed by atoms with Crippen LogP contribution in [0.2, 0.25) is 0 Å². The Morgan fingerprint density at radius 2 is 1.56 bits per heavy atom. The standard InChI is InChI=1S/C22H25N3O2/c26-21(20-6-5-17-3-1-2-4-19(17)15-20)16-24-11-13-25(14-12-24)22(27)18-7-9-23-10-8-18/h5-10,15H,1-4,11-14,16H2. The van der Waals surface area contributed by atoms with E-state index in [0.717, 1.165) is 31.5 Å². The van der Waals surface area contributed by atoms with E-state index in [0.29, 0.717) is 25.2 Å². The summed E-state index contributed by atoms with van der Waals surface area (Å²) in [5.74, 6) is 0.218. The molecular formula is C22H25N3O2. The topological polar surface area (TPSA) is 53.5 Å². The Labute approximate surface area is 160 Å².